The van der Waals surface area contributed by atoms with Gasteiger partial charge in [-0.15, -0.1) is 11.3 Å². The minimum Gasteiger partial charge on any atom is -0.465 e. The molecule has 1 fully saturated rings. The van der Waals surface area contributed by atoms with Crippen LogP contribution in [-0.4, -0.2) is 42.3 Å². The van der Waals surface area contributed by atoms with E-state index in [1.54, 1.807) is 0 Å². The van der Waals surface area contributed by atoms with Gasteiger partial charge in [0, 0.05) is 18.0 Å². The number of nitrogens with zero attached hydrogens (tertiary/aromatic N) is 1. The highest BCUT2D eigenvalue weighted by molar-refractivity contribution is 7.14. The fraction of sp³-hybridized carbons (Fsp3) is 0.467. The van der Waals surface area contributed by atoms with Crippen LogP contribution >= 0.6 is 11.3 Å². The molecule has 0 atom stereocenters. The predicted molar refractivity (Wildman–Crippen MR) is 81.8 cm³/mol. The fourth-order valence-corrected chi connectivity index (χ4v) is 3.35. The third-order valence-corrected chi connectivity index (χ3v) is 4.66. The summed E-state index contributed by atoms with van der Waals surface area (Å²) in [6.45, 7) is 3.09. The lowest BCUT2D eigenvalue weighted by molar-refractivity contribution is 0.0606. The summed E-state index contributed by atoms with van der Waals surface area (Å²) in [4.78, 5) is 25.7. The highest BCUT2D eigenvalue weighted by atomic mass is 32.1. The quantitative estimate of drug-likeness (QED) is 0.870. The Balaban J connectivity index is 2.02. The first-order valence-corrected chi connectivity index (χ1v) is 7.67. The van der Waals surface area contributed by atoms with Gasteiger partial charge in [-0.25, -0.2) is 9.59 Å². The van der Waals surface area contributed by atoms with E-state index in [0.717, 1.165) is 23.3 Å². The molecule has 1 aromatic rings. The first-order chi connectivity index (χ1) is 10.0. The first-order valence-electron chi connectivity index (χ1n) is 6.86. The molecular formula is C15H19NO4S. The minimum absolute atomic E-state index is 0.312. The molecule has 6 heteroatoms. The van der Waals surface area contributed by atoms with Crippen LogP contribution in [0.3, 0.4) is 0 Å². The second kappa shape index (κ2) is 6.76. The molecule has 5 nitrogen and oxygen atoms in total. The largest absolute Gasteiger partial charge is 0.465 e. The van der Waals surface area contributed by atoms with Crippen molar-refractivity contribution in [1.82, 2.24) is 4.90 Å². The molecule has 1 N–H and O–H groups in total. The summed E-state index contributed by atoms with van der Waals surface area (Å²) in [7, 11) is 1.38. The molecule has 0 spiro atoms. The summed E-state index contributed by atoms with van der Waals surface area (Å²) in [5.74, 6) is 0.0414. The first kappa shape index (κ1) is 15.6. The molecule has 0 saturated carbocycles. The van der Waals surface area contributed by atoms with Crippen molar-refractivity contribution in [1.29, 1.82) is 0 Å². The molecule has 0 unspecified atom stereocenters. The average molecular weight is 309 g/mol. The van der Waals surface area contributed by atoms with Gasteiger partial charge >= 0.3 is 12.1 Å². The molecule has 1 aromatic heterocycles. The highest BCUT2D eigenvalue weighted by Crippen LogP contribution is 2.26. The fourth-order valence-electron chi connectivity index (χ4n) is 2.43. The summed E-state index contributed by atoms with van der Waals surface area (Å²) >= 11 is 1.43. The maximum absolute atomic E-state index is 11.7. The van der Waals surface area contributed by atoms with E-state index < -0.39 is 6.09 Å². The smallest absolute Gasteiger partial charge is 0.407 e. The third-order valence-electron chi connectivity index (χ3n) is 3.61. The number of allylic oxidation sites excluding steroid dienone is 1. The number of carbonyl (C=O) groups excluding carboxylic acids is 1. The van der Waals surface area contributed by atoms with Crippen LogP contribution in [0, 0.1) is 12.8 Å². The summed E-state index contributed by atoms with van der Waals surface area (Å²) in [6, 6.07) is 1.97. The zero-order valence-electron chi connectivity index (χ0n) is 12.2. The number of rotatable bonds is 3. The second-order valence-corrected chi connectivity index (χ2v) is 6.36. The van der Waals surface area contributed by atoms with Gasteiger partial charge in [0.05, 0.1) is 7.11 Å². The lowest BCUT2D eigenvalue weighted by Gasteiger charge is -2.28. The number of aryl methyl sites for hydroxylation is 1. The van der Waals surface area contributed by atoms with Crippen molar-refractivity contribution >= 4 is 29.5 Å². The number of esters is 1. The number of amides is 1. The van der Waals surface area contributed by atoms with E-state index in [0.29, 0.717) is 23.9 Å². The van der Waals surface area contributed by atoms with Gasteiger partial charge in [-0.3, -0.25) is 0 Å². The monoisotopic (exact) mass is 309 g/mol. The normalized spacial score (nSPS) is 16.4. The number of ether oxygens (including phenoxy) is 1. The molecule has 114 valence electrons. The average Bonchev–Trinajstić information content (AvgIpc) is 2.85. The maximum Gasteiger partial charge on any atom is 0.407 e. The van der Waals surface area contributed by atoms with E-state index in [2.05, 4.69) is 6.08 Å². The lowest BCUT2D eigenvalue weighted by atomic mass is 9.96. The number of carboxylic acid groups (broad SMARTS) is 1. The van der Waals surface area contributed by atoms with Crippen molar-refractivity contribution < 1.29 is 19.4 Å². The lowest BCUT2D eigenvalue weighted by Crippen LogP contribution is -2.36. The Morgan fingerprint density at radius 3 is 2.67 bits per heavy atom. The SMILES string of the molecule is COC(=O)c1sc(C)cc1C=CC1CCN(C(=O)O)CC1. The Hall–Kier alpha value is -1.82. The second-order valence-electron chi connectivity index (χ2n) is 5.10. The molecule has 1 aliphatic rings. The van der Waals surface area contributed by atoms with Gasteiger partial charge in [0.2, 0.25) is 0 Å². The minimum atomic E-state index is -0.848. The topological polar surface area (TPSA) is 66.8 Å². The van der Waals surface area contributed by atoms with Crippen molar-refractivity contribution in [3.8, 4) is 0 Å². The van der Waals surface area contributed by atoms with Crippen molar-refractivity contribution in [2.24, 2.45) is 5.92 Å². The third kappa shape index (κ3) is 3.85. The van der Waals surface area contributed by atoms with Crippen LogP contribution in [-0.2, 0) is 4.74 Å². The van der Waals surface area contributed by atoms with Crippen molar-refractivity contribution in [3.63, 3.8) is 0 Å². The predicted octanol–water partition coefficient (Wildman–Crippen LogP) is 3.25. The molecule has 0 aromatic carbocycles. The van der Waals surface area contributed by atoms with Gasteiger partial charge in [0.1, 0.15) is 4.88 Å². The van der Waals surface area contributed by atoms with Gasteiger partial charge in [0.15, 0.2) is 0 Å². The molecule has 1 amide bonds. The molecule has 2 heterocycles. The van der Waals surface area contributed by atoms with Crippen LogP contribution in [0.1, 0.15) is 33.0 Å². The van der Waals surface area contributed by atoms with Gasteiger partial charge < -0.3 is 14.7 Å². The van der Waals surface area contributed by atoms with Crippen LogP contribution in [0.25, 0.3) is 6.08 Å². The Morgan fingerprint density at radius 1 is 1.43 bits per heavy atom. The number of hydrogen-bond donors (Lipinski definition) is 1. The molecule has 1 aliphatic heterocycles. The van der Waals surface area contributed by atoms with Crippen LogP contribution in [0.2, 0.25) is 0 Å². The Morgan fingerprint density at radius 2 is 2.10 bits per heavy atom. The van der Waals surface area contributed by atoms with Crippen molar-refractivity contribution in [2.45, 2.75) is 19.8 Å². The van der Waals surface area contributed by atoms with Crippen LogP contribution in [0.5, 0.6) is 0 Å². The van der Waals surface area contributed by atoms with Gasteiger partial charge in [-0.1, -0.05) is 12.2 Å². The molecule has 0 aliphatic carbocycles. The van der Waals surface area contributed by atoms with E-state index in [1.807, 2.05) is 19.1 Å². The van der Waals surface area contributed by atoms with Crippen molar-refractivity contribution in [3.05, 3.63) is 27.5 Å². The molecule has 2 rings (SSSR count). The molecule has 1 saturated heterocycles. The zero-order chi connectivity index (χ0) is 15.4. The van der Waals surface area contributed by atoms with E-state index >= 15 is 0 Å². The summed E-state index contributed by atoms with van der Waals surface area (Å²) in [5.41, 5.74) is 0.880. The number of thiophene rings is 1. The number of hydrogen-bond acceptors (Lipinski definition) is 4. The molecule has 0 radical (unpaired) electrons. The summed E-state index contributed by atoms with van der Waals surface area (Å²) < 4.78 is 4.79. The van der Waals surface area contributed by atoms with Crippen molar-refractivity contribution in [2.75, 3.05) is 20.2 Å². The Bertz CT molecular complexity index is 556. The standard InChI is InChI=1S/C15H19NO4S/c1-10-9-12(13(21-10)14(17)20-2)4-3-11-5-7-16(8-6-11)15(18)19/h3-4,9,11H,5-8H2,1-2H3,(H,18,19). The van der Waals surface area contributed by atoms with E-state index in [9.17, 15) is 9.59 Å². The maximum atomic E-state index is 11.7. The van der Waals surface area contributed by atoms with Crippen LogP contribution in [0.15, 0.2) is 12.1 Å². The molecule has 21 heavy (non-hydrogen) atoms. The van der Waals surface area contributed by atoms with Gasteiger partial charge in [-0.05, 0) is 37.3 Å². The summed E-state index contributed by atoms with van der Waals surface area (Å²) in [5, 5.41) is 8.92. The zero-order valence-corrected chi connectivity index (χ0v) is 13.0. The van der Waals surface area contributed by atoms with Crippen LogP contribution in [0.4, 0.5) is 4.79 Å². The van der Waals surface area contributed by atoms with Crippen LogP contribution < -0.4 is 0 Å². The Labute approximate surface area is 127 Å². The summed E-state index contributed by atoms with van der Waals surface area (Å²) in [6.07, 6.45) is 4.82. The number of piperidine rings is 1. The van der Waals surface area contributed by atoms with E-state index in [4.69, 9.17) is 9.84 Å². The van der Waals surface area contributed by atoms with Gasteiger partial charge in [-0.2, -0.15) is 0 Å². The number of carbonyl (C=O) groups is 2. The van der Waals surface area contributed by atoms with E-state index in [1.165, 1.54) is 23.3 Å². The van der Waals surface area contributed by atoms with E-state index in [-0.39, 0.29) is 5.97 Å². The molecular weight excluding hydrogens is 290 g/mol. The highest BCUT2D eigenvalue weighted by Gasteiger charge is 2.21. The Kier molecular flexibility index (Phi) is 5.01. The number of likely N-dealkylation sites (tertiary alicyclic amines) is 1. The number of methoxy groups -OCH3 is 1. The van der Waals surface area contributed by atoms with Gasteiger partial charge in [0.25, 0.3) is 0 Å². The molecule has 0 bridgehead atoms.